The Morgan fingerprint density at radius 1 is 1.14 bits per heavy atom. The van der Waals surface area contributed by atoms with Crippen molar-refractivity contribution < 1.29 is 19.1 Å². The van der Waals surface area contributed by atoms with Crippen molar-refractivity contribution in [2.75, 3.05) is 44.7 Å². The van der Waals surface area contributed by atoms with Crippen molar-refractivity contribution in [1.82, 2.24) is 20.0 Å². The van der Waals surface area contributed by atoms with E-state index in [0.717, 1.165) is 43.7 Å². The number of carbonyl (C=O) groups is 2. The van der Waals surface area contributed by atoms with E-state index in [-0.39, 0.29) is 18.4 Å². The molecule has 0 bridgehead atoms. The van der Waals surface area contributed by atoms with Gasteiger partial charge in [0, 0.05) is 19.2 Å². The van der Waals surface area contributed by atoms with E-state index in [0.29, 0.717) is 45.3 Å². The minimum absolute atomic E-state index is 0.0923. The number of hydrogen-bond acceptors (Lipinski definition) is 6. The molecule has 2 amide bonds. The zero-order chi connectivity index (χ0) is 24.8. The molecule has 194 valence electrons. The Bertz CT molecular complexity index is 1050. The molecule has 1 aliphatic carbocycles. The first-order valence-electron chi connectivity index (χ1n) is 13.3. The van der Waals surface area contributed by atoms with Crippen LogP contribution in [0.3, 0.4) is 0 Å². The Morgan fingerprint density at radius 2 is 2.00 bits per heavy atom. The van der Waals surface area contributed by atoms with E-state index in [2.05, 4.69) is 21.8 Å². The Morgan fingerprint density at radius 3 is 2.89 bits per heavy atom. The molecule has 0 radical (unpaired) electrons. The smallest absolute Gasteiger partial charge is 0.253 e. The maximum absolute atomic E-state index is 13.3. The Balaban J connectivity index is 1.21. The first-order valence-corrected chi connectivity index (χ1v) is 13.3. The number of nitrogens with one attached hydrogen (secondary N) is 2. The molecule has 1 unspecified atom stereocenters. The van der Waals surface area contributed by atoms with E-state index in [1.807, 2.05) is 33.8 Å². The van der Waals surface area contributed by atoms with Crippen LogP contribution in [0.1, 0.15) is 56.6 Å². The predicted octanol–water partition coefficient (Wildman–Crippen LogP) is 2.93. The molecule has 1 saturated heterocycles. The van der Waals surface area contributed by atoms with Crippen molar-refractivity contribution in [3.63, 3.8) is 0 Å². The molecule has 2 N–H and O–H groups in total. The molecule has 1 spiro atoms. The topological polar surface area (TPSA) is 97.7 Å². The molecule has 36 heavy (non-hydrogen) atoms. The lowest BCUT2D eigenvalue weighted by molar-refractivity contribution is -0.163. The van der Waals surface area contributed by atoms with Crippen LogP contribution < -0.4 is 15.4 Å². The van der Waals surface area contributed by atoms with Gasteiger partial charge in [0.05, 0.1) is 31.9 Å². The molecule has 1 aromatic carbocycles. The number of ether oxygens (including phenoxy) is 2. The monoisotopic (exact) mass is 495 g/mol. The predicted molar refractivity (Wildman–Crippen MR) is 136 cm³/mol. The van der Waals surface area contributed by atoms with Crippen LogP contribution in [0.15, 0.2) is 36.5 Å². The summed E-state index contributed by atoms with van der Waals surface area (Å²) in [4.78, 5) is 28.3. The van der Waals surface area contributed by atoms with Crippen LogP contribution in [0.4, 0.5) is 5.82 Å². The van der Waals surface area contributed by atoms with Gasteiger partial charge in [0.1, 0.15) is 18.2 Å². The Hall–Kier alpha value is -2.91. The lowest BCUT2D eigenvalue weighted by atomic mass is 9.91. The zero-order valence-corrected chi connectivity index (χ0v) is 20.9. The Labute approximate surface area is 212 Å². The summed E-state index contributed by atoms with van der Waals surface area (Å²) >= 11 is 0. The van der Waals surface area contributed by atoms with Crippen LogP contribution in [0, 0.1) is 0 Å². The highest BCUT2D eigenvalue weighted by Gasteiger charge is 2.43. The summed E-state index contributed by atoms with van der Waals surface area (Å²) in [5.74, 6) is 1.43. The number of aromatic nitrogens is 2. The first kappa shape index (κ1) is 24.8. The van der Waals surface area contributed by atoms with Gasteiger partial charge in [0.15, 0.2) is 5.60 Å². The fraction of sp³-hybridized carbons (Fsp3) is 0.593. The first-order chi connectivity index (χ1) is 17.6. The number of nitrogens with zero attached hydrogens (tertiary/aromatic N) is 3. The number of morpholine rings is 1. The van der Waals surface area contributed by atoms with E-state index in [4.69, 9.17) is 9.47 Å². The number of para-hydroxylation sites is 1. The molecule has 3 aliphatic rings. The third kappa shape index (κ3) is 5.73. The average Bonchev–Trinajstić information content (AvgIpc) is 3.56. The number of benzene rings is 1. The second-order valence-electron chi connectivity index (χ2n) is 10.1. The molecule has 1 saturated carbocycles. The summed E-state index contributed by atoms with van der Waals surface area (Å²) in [6, 6.07) is 10.3. The van der Waals surface area contributed by atoms with E-state index in [9.17, 15) is 9.59 Å². The lowest BCUT2D eigenvalue weighted by Crippen LogP contribution is -2.61. The number of amides is 2. The van der Waals surface area contributed by atoms with Crippen LogP contribution in [-0.2, 0) is 20.7 Å². The van der Waals surface area contributed by atoms with Gasteiger partial charge in [-0.25, -0.2) is 4.68 Å². The molecule has 2 aromatic rings. The fourth-order valence-electron chi connectivity index (χ4n) is 5.70. The van der Waals surface area contributed by atoms with Crippen LogP contribution in [0.5, 0.6) is 5.75 Å². The lowest BCUT2D eigenvalue weighted by Gasteiger charge is -2.41. The number of rotatable bonds is 4. The van der Waals surface area contributed by atoms with Gasteiger partial charge in [-0.2, -0.15) is 5.10 Å². The van der Waals surface area contributed by atoms with E-state index >= 15 is 0 Å². The van der Waals surface area contributed by atoms with Crippen LogP contribution in [0.2, 0.25) is 0 Å². The quantitative estimate of drug-likeness (QED) is 0.677. The summed E-state index contributed by atoms with van der Waals surface area (Å²) in [5.41, 5.74) is 0.237. The number of aryl methyl sites for hydroxylation is 1. The summed E-state index contributed by atoms with van der Waals surface area (Å²) < 4.78 is 14.0. The summed E-state index contributed by atoms with van der Waals surface area (Å²) in [7, 11) is 0. The highest BCUT2D eigenvalue weighted by Crippen LogP contribution is 2.31. The molecular weight excluding hydrogens is 458 g/mol. The van der Waals surface area contributed by atoms with E-state index in [1.165, 1.54) is 18.4 Å². The van der Waals surface area contributed by atoms with Gasteiger partial charge in [0.25, 0.3) is 5.91 Å². The van der Waals surface area contributed by atoms with Crippen molar-refractivity contribution in [2.24, 2.45) is 0 Å². The van der Waals surface area contributed by atoms with Gasteiger partial charge in [-0.1, -0.05) is 31.0 Å². The molecule has 1 atom stereocenters. The van der Waals surface area contributed by atoms with Crippen molar-refractivity contribution in [2.45, 2.75) is 63.0 Å². The zero-order valence-electron chi connectivity index (χ0n) is 20.9. The molecule has 3 heterocycles. The minimum Gasteiger partial charge on any atom is -0.491 e. The molecule has 2 aliphatic heterocycles. The third-order valence-electron chi connectivity index (χ3n) is 7.55. The highest BCUT2D eigenvalue weighted by atomic mass is 16.5. The van der Waals surface area contributed by atoms with Gasteiger partial charge < -0.3 is 20.1 Å². The SMILES string of the molecule is O=C(CN1CCOC2(CCCCc3ccccc3OCCNC2=O)C1)Nc1ccnn1C1CCCC1. The van der Waals surface area contributed by atoms with Crippen molar-refractivity contribution in [1.29, 1.82) is 0 Å². The minimum atomic E-state index is -0.955. The van der Waals surface area contributed by atoms with Crippen LogP contribution in [-0.4, -0.2) is 71.5 Å². The van der Waals surface area contributed by atoms with Crippen molar-refractivity contribution >= 4 is 17.6 Å². The molecule has 9 nitrogen and oxygen atoms in total. The highest BCUT2D eigenvalue weighted by molar-refractivity contribution is 5.91. The fourth-order valence-corrected chi connectivity index (χ4v) is 5.70. The molecular formula is C27H37N5O4. The van der Waals surface area contributed by atoms with E-state index < -0.39 is 5.60 Å². The molecule has 1 aromatic heterocycles. The standard InChI is InChI=1S/C27H37N5O4/c33-25(30-24-12-14-29-32(24)22-9-2-3-10-22)19-31-16-18-36-27(20-31)13-6-5-8-21-7-1-4-11-23(21)35-17-15-28-26(27)34/h1,4,7,11-12,14,22H,2-3,5-6,8-10,13,15-20H2,(H,28,34)(H,30,33). The Kier molecular flexibility index (Phi) is 7.87. The number of carbonyl (C=O) groups excluding carboxylic acids is 2. The summed E-state index contributed by atoms with van der Waals surface area (Å²) in [6.45, 7) is 2.45. The molecule has 2 fully saturated rings. The van der Waals surface area contributed by atoms with Gasteiger partial charge in [-0.05, 0) is 50.2 Å². The molecule has 9 heteroatoms. The maximum atomic E-state index is 13.3. The normalized spacial score (nSPS) is 24.3. The van der Waals surface area contributed by atoms with E-state index in [1.54, 1.807) is 6.20 Å². The third-order valence-corrected chi connectivity index (χ3v) is 7.55. The number of anilines is 1. The number of hydrogen-bond donors (Lipinski definition) is 2. The van der Waals surface area contributed by atoms with Crippen LogP contribution in [0.25, 0.3) is 0 Å². The van der Waals surface area contributed by atoms with Gasteiger partial charge >= 0.3 is 0 Å². The largest absolute Gasteiger partial charge is 0.491 e. The second-order valence-corrected chi connectivity index (χ2v) is 10.1. The van der Waals surface area contributed by atoms with Crippen molar-refractivity contribution in [3.05, 3.63) is 42.1 Å². The average molecular weight is 496 g/mol. The maximum Gasteiger partial charge on any atom is 0.253 e. The summed E-state index contributed by atoms with van der Waals surface area (Å²) in [6.07, 6.45) is 9.65. The van der Waals surface area contributed by atoms with Crippen molar-refractivity contribution in [3.8, 4) is 5.75 Å². The number of fused-ring (bicyclic) bond motifs is 1. The van der Waals surface area contributed by atoms with Gasteiger partial charge in [-0.3, -0.25) is 14.5 Å². The molecule has 5 rings (SSSR count). The van der Waals surface area contributed by atoms with Crippen LogP contribution >= 0.6 is 0 Å². The van der Waals surface area contributed by atoms with Gasteiger partial charge in [-0.15, -0.1) is 0 Å². The second kappa shape index (κ2) is 11.4. The summed E-state index contributed by atoms with van der Waals surface area (Å²) in [5, 5.41) is 10.5. The van der Waals surface area contributed by atoms with Gasteiger partial charge in [0.2, 0.25) is 5.91 Å².